The minimum Gasteiger partial charge on any atom is -0.325 e. The van der Waals surface area contributed by atoms with Gasteiger partial charge in [0.2, 0.25) is 5.91 Å². The van der Waals surface area contributed by atoms with Gasteiger partial charge in [-0.3, -0.25) is 4.79 Å². The molecule has 1 aliphatic carbocycles. The number of carbonyl (C=O) groups is 1. The molecule has 0 bridgehead atoms. The van der Waals surface area contributed by atoms with Crippen LogP contribution in [0.4, 0.5) is 5.69 Å². The highest BCUT2D eigenvalue weighted by Crippen LogP contribution is 2.54. The first kappa shape index (κ1) is 18.7. The molecule has 2 aromatic carbocycles. The van der Waals surface area contributed by atoms with Crippen LogP contribution < -0.4 is 5.32 Å². The third kappa shape index (κ3) is 4.12. The number of nitrogens with zero attached hydrogens (tertiary/aromatic N) is 3. The van der Waals surface area contributed by atoms with Crippen LogP contribution in [0, 0.1) is 13.8 Å². The van der Waals surface area contributed by atoms with Crippen molar-refractivity contribution in [2.45, 2.75) is 37.3 Å². The molecule has 1 aromatic heterocycles. The number of carbonyl (C=O) groups excluding carboxylic acids is 1. The molecular formula is C22H24N4OS. The van der Waals surface area contributed by atoms with Gasteiger partial charge < -0.3 is 9.88 Å². The van der Waals surface area contributed by atoms with Crippen molar-refractivity contribution in [3.05, 3.63) is 71.0 Å². The maximum atomic E-state index is 12.3. The largest absolute Gasteiger partial charge is 0.325 e. The van der Waals surface area contributed by atoms with Crippen LogP contribution >= 0.6 is 11.8 Å². The number of aromatic nitrogens is 3. The zero-order valence-corrected chi connectivity index (χ0v) is 17.2. The number of aryl methyl sites for hydroxylation is 2. The summed E-state index contributed by atoms with van der Waals surface area (Å²) in [5.74, 6) is 2.22. The van der Waals surface area contributed by atoms with Crippen molar-refractivity contribution in [2.24, 2.45) is 7.05 Å². The Bertz CT molecular complexity index is 979. The maximum absolute atomic E-state index is 12.3. The van der Waals surface area contributed by atoms with Crippen LogP contribution in [0.5, 0.6) is 0 Å². The van der Waals surface area contributed by atoms with Crippen LogP contribution in [0.25, 0.3) is 0 Å². The summed E-state index contributed by atoms with van der Waals surface area (Å²) in [7, 11) is 1.99. The van der Waals surface area contributed by atoms with Gasteiger partial charge in [-0.2, -0.15) is 0 Å². The molecule has 4 rings (SSSR count). The van der Waals surface area contributed by atoms with Crippen molar-refractivity contribution in [1.29, 1.82) is 0 Å². The molecule has 2 unspecified atom stereocenters. The maximum Gasteiger partial charge on any atom is 0.234 e. The SMILES string of the molecule is Cc1cc(C)cc(NC(=O)CSc2nnc(C3CC3c3ccccc3)n2C)c1. The highest BCUT2D eigenvalue weighted by atomic mass is 32.2. The Morgan fingerprint density at radius 1 is 1.11 bits per heavy atom. The van der Waals surface area contributed by atoms with Gasteiger partial charge in [-0.05, 0) is 55.0 Å². The van der Waals surface area contributed by atoms with E-state index in [1.54, 1.807) is 0 Å². The first-order valence-electron chi connectivity index (χ1n) is 9.46. The van der Waals surface area contributed by atoms with E-state index in [9.17, 15) is 4.79 Å². The second kappa shape index (κ2) is 7.80. The number of nitrogens with one attached hydrogen (secondary N) is 1. The number of benzene rings is 2. The van der Waals surface area contributed by atoms with Gasteiger partial charge in [0.15, 0.2) is 5.16 Å². The minimum atomic E-state index is -0.0341. The Labute approximate surface area is 169 Å². The van der Waals surface area contributed by atoms with Gasteiger partial charge in [0.05, 0.1) is 5.75 Å². The van der Waals surface area contributed by atoms with Crippen molar-refractivity contribution in [3.8, 4) is 0 Å². The minimum absolute atomic E-state index is 0.0341. The van der Waals surface area contributed by atoms with Crippen molar-refractivity contribution in [1.82, 2.24) is 14.8 Å². The molecule has 1 aliphatic rings. The molecule has 0 saturated heterocycles. The van der Waals surface area contributed by atoms with E-state index in [0.29, 0.717) is 17.6 Å². The van der Waals surface area contributed by atoms with Gasteiger partial charge in [-0.1, -0.05) is 48.2 Å². The molecule has 0 radical (unpaired) electrons. The van der Waals surface area contributed by atoms with E-state index in [1.807, 2.05) is 43.7 Å². The smallest absolute Gasteiger partial charge is 0.234 e. The van der Waals surface area contributed by atoms with Crippen LogP contribution in [0.15, 0.2) is 53.7 Å². The quantitative estimate of drug-likeness (QED) is 0.630. The lowest BCUT2D eigenvalue weighted by Crippen LogP contribution is -2.14. The van der Waals surface area contributed by atoms with Gasteiger partial charge in [0, 0.05) is 18.7 Å². The first-order chi connectivity index (χ1) is 13.5. The molecule has 1 heterocycles. The first-order valence-corrected chi connectivity index (χ1v) is 10.4. The lowest BCUT2D eigenvalue weighted by atomic mass is 10.1. The van der Waals surface area contributed by atoms with Gasteiger partial charge >= 0.3 is 0 Å². The van der Waals surface area contributed by atoms with Gasteiger partial charge in [0.1, 0.15) is 5.82 Å². The van der Waals surface area contributed by atoms with Gasteiger partial charge in [-0.15, -0.1) is 10.2 Å². The molecule has 1 fully saturated rings. The molecular weight excluding hydrogens is 368 g/mol. The monoisotopic (exact) mass is 392 g/mol. The summed E-state index contributed by atoms with van der Waals surface area (Å²) in [6, 6.07) is 16.6. The van der Waals surface area contributed by atoms with E-state index in [-0.39, 0.29) is 5.91 Å². The van der Waals surface area contributed by atoms with E-state index in [4.69, 9.17) is 0 Å². The molecule has 0 spiro atoms. The Morgan fingerprint density at radius 2 is 1.82 bits per heavy atom. The average Bonchev–Trinajstić information content (AvgIpc) is 3.36. The number of anilines is 1. The predicted octanol–water partition coefficient (Wildman–Crippen LogP) is 4.43. The number of hydrogen-bond donors (Lipinski definition) is 1. The Morgan fingerprint density at radius 3 is 2.54 bits per heavy atom. The molecule has 3 aromatic rings. The van der Waals surface area contributed by atoms with Crippen molar-refractivity contribution < 1.29 is 4.79 Å². The van der Waals surface area contributed by atoms with E-state index < -0.39 is 0 Å². The summed E-state index contributed by atoms with van der Waals surface area (Å²) < 4.78 is 2.03. The number of amides is 1. The Hall–Kier alpha value is -2.60. The number of thioether (sulfide) groups is 1. The molecule has 1 amide bonds. The molecule has 28 heavy (non-hydrogen) atoms. The Balaban J connectivity index is 1.35. The van der Waals surface area contributed by atoms with Crippen molar-refractivity contribution >= 4 is 23.4 Å². The zero-order valence-electron chi connectivity index (χ0n) is 16.3. The molecule has 5 nitrogen and oxygen atoms in total. The Kier molecular flexibility index (Phi) is 5.22. The molecule has 0 aliphatic heterocycles. The predicted molar refractivity (Wildman–Crippen MR) is 113 cm³/mol. The van der Waals surface area contributed by atoms with Crippen LogP contribution in [0.1, 0.15) is 40.8 Å². The molecule has 6 heteroatoms. The zero-order chi connectivity index (χ0) is 19.7. The van der Waals surface area contributed by atoms with Crippen molar-refractivity contribution in [2.75, 3.05) is 11.1 Å². The molecule has 144 valence electrons. The summed E-state index contributed by atoms with van der Waals surface area (Å²) in [6.45, 7) is 4.05. The lowest BCUT2D eigenvalue weighted by Gasteiger charge is -2.07. The standard InChI is InChI=1S/C22H24N4OS/c1-14-9-15(2)11-17(10-14)23-20(27)13-28-22-25-24-21(26(22)3)19-12-18(19)16-7-5-4-6-8-16/h4-11,18-19H,12-13H2,1-3H3,(H,23,27). The van der Waals surface area contributed by atoms with Gasteiger partial charge in [0.25, 0.3) is 0 Å². The molecule has 1 saturated carbocycles. The number of rotatable bonds is 6. The van der Waals surface area contributed by atoms with Crippen LogP contribution in [0.3, 0.4) is 0 Å². The third-order valence-corrected chi connectivity index (χ3v) is 6.08. The second-order valence-electron chi connectivity index (χ2n) is 7.47. The molecule has 2 atom stereocenters. The van der Waals surface area contributed by atoms with Crippen LogP contribution in [0.2, 0.25) is 0 Å². The van der Waals surface area contributed by atoms with E-state index >= 15 is 0 Å². The lowest BCUT2D eigenvalue weighted by molar-refractivity contribution is -0.113. The highest BCUT2D eigenvalue weighted by molar-refractivity contribution is 7.99. The fourth-order valence-corrected chi connectivity index (χ4v) is 4.42. The second-order valence-corrected chi connectivity index (χ2v) is 8.41. The van der Waals surface area contributed by atoms with E-state index in [2.05, 4.69) is 45.8 Å². The fourth-order valence-electron chi connectivity index (χ4n) is 3.70. The summed E-state index contributed by atoms with van der Waals surface area (Å²) in [6.07, 6.45) is 1.11. The third-order valence-electron chi connectivity index (χ3n) is 5.06. The van der Waals surface area contributed by atoms with Crippen LogP contribution in [-0.4, -0.2) is 26.4 Å². The van der Waals surface area contributed by atoms with E-state index in [0.717, 1.165) is 34.2 Å². The highest BCUT2D eigenvalue weighted by Gasteiger charge is 2.42. The fraction of sp³-hybridized carbons (Fsp3) is 0.318. The summed E-state index contributed by atoms with van der Waals surface area (Å²) >= 11 is 1.42. The van der Waals surface area contributed by atoms with Crippen LogP contribution in [-0.2, 0) is 11.8 Å². The molecule has 1 N–H and O–H groups in total. The summed E-state index contributed by atoms with van der Waals surface area (Å²) in [5, 5.41) is 12.5. The average molecular weight is 393 g/mol. The summed E-state index contributed by atoms with van der Waals surface area (Å²) in [5.41, 5.74) is 4.47. The topological polar surface area (TPSA) is 59.8 Å². The summed E-state index contributed by atoms with van der Waals surface area (Å²) in [4.78, 5) is 12.3. The normalized spacial score (nSPS) is 18.1. The van der Waals surface area contributed by atoms with Gasteiger partial charge in [-0.25, -0.2) is 0 Å². The van der Waals surface area contributed by atoms with Crippen molar-refractivity contribution in [3.63, 3.8) is 0 Å². The van der Waals surface area contributed by atoms with E-state index in [1.165, 1.54) is 17.3 Å². The number of hydrogen-bond acceptors (Lipinski definition) is 4.